The van der Waals surface area contributed by atoms with Crippen molar-refractivity contribution >= 4 is 23.2 Å². The number of aromatic nitrogens is 2. The molecule has 5 heteroatoms. The van der Waals surface area contributed by atoms with E-state index in [0.29, 0.717) is 22.1 Å². The zero-order valence-electron chi connectivity index (χ0n) is 8.64. The molecule has 0 spiro atoms. The summed E-state index contributed by atoms with van der Waals surface area (Å²) in [6.45, 7) is 1.75. The molecule has 2 N–H and O–H groups in total. The van der Waals surface area contributed by atoms with E-state index in [9.17, 15) is 4.79 Å². The first-order valence-electron chi connectivity index (χ1n) is 4.69. The molecule has 0 saturated heterocycles. The van der Waals surface area contributed by atoms with Crippen molar-refractivity contribution in [3.8, 4) is 0 Å². The Morgan fingerprint density at radius 3 is 2.88 bits per heavy atom. The van der Waals surface area contributed by atoms with Crippen LogP contribution >= 0.6 is 11.6 Å². The van der Waals surface area contributed by atoms with Crippen molar-refractivity contribution in [3.63, 3.8) is 0 Å². The van der Waals surface area contributed by atoms with Gasteiger partial charge in [-0.25, -0.2) is 4.98 Å². The van der Waals surface area contributed by atoms with E-state index in [2.05, 4.69) is 4.98 Å². The lowest BCUT2D eigenvalue weighted by molar-refractivity contribution is 0.0958. The van der Waals surface area contributed by atoms with Crippen molar-refractivity contribution < 1.29 is 4.79 Å². The monoisotopic (exact) mass is 235 g/mol. The van der Waals surface area contributed by atoms with Gasteiger partial charge < -0.3 is 5.73 Å². The van der Waals surface area contributed by atoms with Crippen LogP contribution in [0.25, 0.3) is 0 Å². The molecule has 0 aliphatic heterocycles. The number of imidazole rings is 1. The van der Waals surface area contributed by atoms with Crippen LogP contribution in [0.1, 0.15) is 16.2 Å². The third kappa shape index (κ3) is 1.79. The van der Waals surface area contributed by atoms with E-state index in [0.717, 1.165) is 0 Å². The van der Waals surface area contributed by atoms with Gasteiger partial charge in [-0.1, -0.05) is 11.6 Å². The Labute approximate surface area is 97.7 Å². The molecule has 0 fully saturated rings. The van der Waals surface area contributed by atoms with Gasteiger partial charge in [-0.15, -0.1) is 0 Å². The van der Waals surface area contributed by atoms with Crippen molar-refractivity contribution in [2.45, 2.75) is 6.92 Å². The molecule has 0 aliphatic rings. The van der Waals surface area contributed by atoms with Crippen LogP contribution in [0.2, 0.25) is 5.02 Å². The molecule has 0 amide bonds. The molecule has 0 saturated carbocycles. The summed E-state index contributed by atoms with van der Waals surface area (Å²) in [6, 6.07) is 4.82. The third-order valence-corrected chi connectivity index (χ3v) is 2.59. The van der Waals surface area contributed by atoms with Gasteiger partial charge in [-0.3, -0.25) is 9.36 Å². The molecule has 1 aromatic carbocycles. The van der Waals surface area contributed by atoms with Gasteiger partial charge in [0.1, 0.15) is 5.82 Å². The number of carbonyl (C=O) groups is 1. The van der Waals surface area contributed by atoms with E-state index in [1.807, 2.05) is 0 Å². The molecular weight excluding hydrogens is 226 g/mol. The van der Waals surface area contributed by atoms with Gasteiger partial charge in [0.2, 0.25) is 0 Å². The van der Waals surface area contributed by atoms with Crippen molar-refractivity contribution in [1.82, 2.24) is 9.55 Å². The second-order valence-electron chi connectivity index (χ2n) is 3.39. The van der Waals surface area contributed by atoms with Crippen LogP contribution in [0.3, 0.4) is 0 Å². The lowest BCUT2D eigenvalue weighted by Crippen LogP contribution is -2.13. The summed E-state index contributed by atoms with van der Waals surface area (Å²) >= 11 is 5.95. The van der Waals surface area contributed by atoms with E-state index in [1.165, 1.54) is 4.57 Å². The summed E-state index contributed by atoms with van der Waals surface area (Å²) in [5.74, 6) is 0.385. The Kier molecular flexibility index (Phi) is 2.66. The number of hydrogen-bond acceptors (Lipinski definition) is 3. The first kappa shape index (κ1) is 10.7. The number of nitrogens with zero attached hydrogens (tertiary/aromatic N) is 2. The largest absolute Gasteiger partial charge is 0.399 e. The van der Waals surface area contributed by atoms with E-state index >= 15 is 0 Å². The fourth-order valence-corrected chi connectivity index (χ4v) is 1.63. The number of carbonyl (C=O) groups excluding carboxylic acids is 1. The zero-order valence-corrected chi connectivity index (χ0v) is 9.40. The van der Waals surface area contributed by atoms with Gasteiger partial charge in [0, 0.05) is 18.1 Å². The maximum absolute atomic E-state index is 12.1. The predicted molar refractivity (Wildman–Crippen MR) is 62.6 cm³/mol. The van der Waals surface area contributed by atoms with Gasteiger partial charge in [0.05, 0.1) is 10.6 Å². The number of nitrogen functional groups attached to an aromatic ring is 1. The Morgan fingerprint density at radius 2 is 2.25 bits per heavy atom. The molecule has 0 atom stereocenters. The highest BCUT2D eigenvalue weighted by Gasteiger charge is 2.14. The lowest BCUT2D eigenvalue weighted by atomic mass is 10.2. The first-order chi connectivity index (χ1) is 7.59. The fourth-order valence-electron chi connectivity index (χ4n) is 1.43. The second-order valence-corrected chi connectivity index (χ2v) is 3.80. The predicted octanol–water partition coefficient (Wildman–Crippen LogP) is 2.12. The maximum Gasteiger partial charge on any atom is 0.264 e. The van der Waals surface area contributed by atoms with Gasteiger partial charge in [-0.05, 0) is 25.1 Å². The molecule has 1 heterocycles. The smallest absolute Gasteiger partial charge is 0.264 e. The molecule has 2 aromatic rings. The number of benzene rings is 1. The van der Waals surface area contributed by atoms with Crippen molar-refractivity contribution in [2.75, 3.05) is 5.73 Å². The summed E-state index contributed by atoms with van der Waals surface area (Å²) in [5.41, 5.74) is 6.50. The lowest BCUT2D eigenvalue weighted by Gasteiger charge is -2.06. The van der Waals surface area contributed by atoms with Gasteiger partial charge >= 0.3 is 0 Å². The SMILES string of the molecule is Cc1nccn1C(=O)c1cc(N)ccc1Cl. The van der Waals surface area contributed by atoms with E-state index in [4.69, 9.17) is 17.3 Å². The second kappa shape index (κ2) is 3.98. The standard InChI is InChI=1S/C11H10ClN3O/c1-7-14-4-5-15(7)11(16)9-6-8(13)2-3-10(9)12/h2-6H,13H2,1H3. The third-order valence-electron chi connectivity index (χ3n) is 2.27. The summed E-state index contributed by atoms with van der Waals surface area (Å²) in [4.78, 5) is 16.1. The van der Waals surface area contributed by atoms with Crippen LogP contribution in [0, 0.1) is 6.92 Å². The number of aryl methyl sites for hydroxylation is 1. The molecule has 82 valence electrons. The number of nitrogens with two attached hydrogens (primary N) is 1. The average molecular weight is 236 g/mol. The number of rotatable bonds is 1. The van der Waals surface area contributed by atoms with Crippen molar-refractivity contribution in [1.29, 1.82) is 0 Å². The van der Waals surface area contributed by atoms with Gasteiger partial charge in [-0.2, -0.15) is 0 Å². The van der Waals surface area contributed by atoms with E-state index in [1.54, 1.807) is 37.5 Å². The summed E-state index contributed by atoms with van der Waals surface area (Å²) in [7, 11) is 0. The van der Waals surface area contributed by atoms with E-state index in [-0.39, 0.29) is 5.91 Å². The molecular formula is C11H10ClN3O. The molecule has 0 aliphatic carbocycles. The minimum absolute atomic E-state index is 0.229. The average Bonchev–Trinajstić information content (AvgIpc) is 2.67. The zero-order chi connectivity index (χ0) is 11.7. The summed E-state index contributed by atoms with van der Waals surface area (Å²) in [6.07, 6.45) is 3.16. The quantitative estimate of drug-likeness (QED) is 0.771. The topological polar surface area (TPSA) is 60.9 Å². The first-order valence-corrected chi connectivity index (χ1v) is 5.07. The van der Waals surface area contributed by atoms with Crippen molar-refractivity contribution in [3.05, 3.63) is 47.0 Å². The fraction of sp³-hybridized carbons (Fsp3) is 0.0909. The van der Waals surface area contributed by atoms with E-state index < -0.39 is 0 Å². The highest BCUT2D eigenvalue weighted by Crippen LogP contribution is 2.20. The molecule has 16 heavy (non-hydrogen) atoms. The van der Waals surface area contributed by atoms with Crippen LogP contribution in [0.4, 0.5) is 5.69 Å². The Hall–Kier alpha value is -1.81. The van der Waals surface area contributed by atoms with Crippen LogP contribution in [-0.2, 0) is 0 Å². The highest BCUT2D eigenvalue weighted by molar-refractivity contribution is 6.34. The highest BCUT2D eigenvalue weighted by atomic mass is 35.5. The molecule has 2 rings (SSSR count). The van der Waals surface area contributed by atoms with Crippen LogP contribution in [-0.4, -0.2) is 15.5 Å². The maximum atomic E-state index is 12.1. The minimum atomic E-state index is -0.229. The number of anilines is 1. The summed E-state index contributed by atoms with van der Waals surface area (Å²) in [5, 5.41) is 0.382. The van der Waals surface area contributed by atoms with Crippen LogP contribution in [0.5, 0.6) is 0 Å². The molecule has 0 radical (unpaired) electrons. The number of hydrogen-bond donors (Lipinski definition) is 1. The molecule has 0 unspecified atom stereocenters. The Balaban J connectivity index is 2.49. The Bertz CT molecular complexity index is 548. The minimum Gasteiger partial charge on any atom is -0.399 e. The number of halogens is 1. The summed E-state index contributed by atoms with van der Waals surface area (Å²) < 4.78 is 1.43. The van der Waals surface area contributed by atoms with Crippen molar-refractivity contribution in [2.24, 2.45) is 0 Å². The molecule has 0 bridgehead atoms. The van der Waals surface area contributed by atoms with Crippen LogP contribution in [0.15, 0.2) is 30.6 Å². The Morgan fingerprint density at radius 1 is 1.50 bits per heavy atom. The van der Waals surface area contributed by atoms with Gasteiger partial charge in [0.15, 0.2) is 0 Å². The van der Waals surface area contributed by atoms with Gasteiger partial charge in [0.25, 0.3) is 5.91 Å². The van der Waals surface area contributed by atoms with Crippen LogP contribution < -0.4 is 5.73 Å². The normalized spacial score (nSPS) is 10.4. The molecule has 1 aromatic heterocycles. The molecule has 4 nitrogen and oxygen atoms in total.